The van der Waals surface area contributed by atoms with Gasteiger partial charge in [0.2, 0.25) is 0 Å². The average molecular weight is 322 g/mol. The van der Waals surface area contributed by atoms with E-state index in [4.69, 9.17) is 4.74 Å². The Morgan fingerprint density at radius 3 is 2.58 bits per heavy atom. The van der Waals surface area contributed by atoms with Crippen molar-refractivity contribution in [2.75, 3.05) is 26.1 Å². The largest absolute Gasteiger partial charge is 0.496 e. The molecule has 24 heavy (non-hydrogen) atoms. The molecule has 0 spiro atoms. The lowest BCUT2D eigenvalue weighted by Crippen LogP contribution is -2.16. The molecule has 0 fully saturated rings. The highest BCUT2D eigenvalue weighted by atomic mass is 16.5. The molecular weight excluding hydrogens is 304 g/mol. The highest BCUT2D eigenvalue weighted by Crippen LogP contribution is 2.37. The molecule has 1 aromatic heterocycles. The van der Waals surface area contributed by atoms with Crippen LogP contribution in [0.5, 0.6) is 5.75 Å². The molecule has 0 saturated carbocycles. The first-order chi connectivity index (χ1) is 11.7. The van der Waals surface area contributed by atoms with E-state index in [1.807, 2.05) is 48.5 Å². The minimum Gasteiger partial charge on any atom is -0.496 e. The molecular formula is C19H18N2O3. The van der Waals surface area contributed by atoms with Gasteiger partial charge in [-0.2, -0.15) is 0 Å². The standard InChI is InChI=1S/C19H18N2O3/c1-23-16-10-6-9-14-18(16)15(13-7-4-3-5-8-13)11-20-19(14)21-12-17(22)24-2/h3-11H,12H2,1-2H3,(H,20,21). The minimum absolute atomic E-state index is 0.0560. The Balaban J connectivity index is 2.16. The summed E-state index contributed by atoms with van der Waals surface area (Å²) in [6.45, 7) is 0.0560. The number of esters is 1. The van der Waals surface area contributed by atoms with Crippen molar-refractivity contribution in [3.05, 3.63) is 54.7 Å². The summed E-state index contributed by atoms with van der Waals surface area (Å²) in [4.78, 5) is 15.9. The highest BCUT2D eigenvalue weighted by molar-refractivity contribution is 6.05. The summed E-state index contributed by atoms with van der Waals surface area (Å²) in [5.41, 5.74) is 2.03. The Bertz CT molecular complexity index is 863. The summed E-state index contributed by atoms with van der Waals surface area (Å²) in [7, 11) is 3.00. The van der Waals surface area contributed by atoms with E-state index in [1.54, 1.807) is 13.3 Å². The Morgan fingerprint density at radius 1 is 1.08 bits per heavy atom. The predicted octanol–water partition coefficient (Wildman–Crippen LogP) is 3.50. The van der Waals surface area contributed by atoms with Crippen molar-refractivity contribution in [2.45, 2.75) is 0 Å². The highest BCUT2D eigenvalue weighted by Gasteiger charge is 2.14. The lowest BCUT2D eigenvalue weighted by atomic mass is 9.99. The number of anilines is 1. The molecule has 0 bridgehead atoms. The van der Waals surface area contributed by atoms with Gasteiger partial charge in [0.15, 0.2) is 0 Å². The number of carbonyl (C=O) groups excluding carboxylic acids is 1. The van der Waals surface area contributed by atoms with Crippen molar-refractivity contribution in [1.82, 2.24) is 4.98 Å². The number of hydrogen-bond donors (Lipinski definition) is 1. The molecule has 0 radical (unpaired) electrons. The van der Waals surface area contributed by atoms with Gasteiger partial charge in [0.25, 0.3) is 0 Å². The number of nitrogens with zero attached hydrogens (tertiary/aromatic N) is 1. The third-order valence-electron chi connectivity index (χ3n) is 3.81. The number of nitrogens with one attached hydrogen (secondary N) is 1. The Hall–Kier alpha value is -3.08. The van der Waals surface area contributed by atoms with Crippen LogP contribution in [0.25, 0.3) is 21.9 Å². The van der Waals surface area contributed by atoms with Gasteiger partial charge in [-0.05, 0) is 11.6 Å². The third-order valence-corrected chi connectivity index (χ3v) is 3.81. The van der Waals surface area contributed by atoms with Crippen LogP contribution in [-0.4, -0.2) is 31.7 Å². The molecule has 5 nitrogen and oxygen atoms in total. The molecule has 3 rings (SSSR count). The molecule has 0 unspecified atom stereocenters. The number of fused-ring (bicyclic) bond motifs is 1. The van der Waals surface area contributed by atoms with Crippen LogP contribution in [0.1, 0.15) is 0 Å². The van der Waals surface area contributed by atoms with Crippen molar-refractivity contribution in [2.24, 2.45) is 0 Å². The van der Waals surface area contributed by atoms with Crippen LogP contribution in [0.4, 0.5) is 5.82 Å². The number of rotatable bonds is 5. The number of hydrogen-bond acceptors (Lipinski definition) is 5. The summed E-state index contributed by atoms with van der Waals surface area (Å²) < 4.78 is 10.2. The van der Waals surface area contributed by atoms with Gasteiger partial charge in [-0.15, -0.1) is 0 Å². The maximum absolute atomic E-state index is 11.4. The Labute approximate surface area is 140 Å². The average Bonchev–Trinajstić information content (AvgIpc) is 2.65. The zero-order valence-electron chi connectivity index (χ0n) is 13.6. The second-order valence-corrected chi connectivity index (χ2v) is 5.20. The molecule has 0 amide bonds. The molecule has 0 aliphatic carbocycles. The van der Waals surface area contributed by atoms with Gasteiger partial charge < -0.3 is 14.8 Å². The number of methoxy groups -OCH3 is 2. The quantitative estimate of drug-likeness (QED) is 0.729. The second kappa shape index (κ2) is 7.00. The summed E-state index contributed by atoms with van der Waals surface area (Å²) in [6.07, 6.45) is 1.79. The SMILES string of the molecule is COC(=O)CNc1ncc(-c2ccccc2)c2c(OC)cccc12. The van der Waals surface area contributed by atoms with Crippen molar-refractivity contribution in [1.29, 1.82) is 0 Å². The molecule has 3 aromatic rings. The number of pyridine rings is 1. The first-order valence-electron chi connectivity index (χ1n) is 7.56. The van der Waals surface area contributed by atoms with E-state index in [2.05, 4.69) is 15.0 Å². The van der Waals surface area contributed by atoms with Crippen molar-refractivity contribution in [3.63, 3.8) is 0 Å². The first kappa shape index (κ1) is 15.8. The van der Waals surface area contributed by atoms with Crippen LogP contribution in [0, 0.1) is 0 Å². The number of aromatic nitrogens is 1. The van der Waals surface area contributed by atoms with E-state index in [0.29, 0.717) is 5.82 Å². The maximum atomic E-state index is 11.4. The van der Waals surface area contributed by atoms with E-state index < -0.39 is 0 Å². The van der Waals surface area contributed by atoms with Gasteiger partial charge in [0, 0.05) is 22.5 Å². The summed E-state index contributed by atoms with van der Waals surface area (Å²) >= 11 is 0. The Morgan fingerprint density at radius 2 is 1.88 bits per heavy atom. The van der Waals surface area contributed by atoms with Crippen LogP contribution < -0.4 is 10.1 Å². The summed E-state index contributed by atoms with van der Waals surface area (Å²) in [6, 6.07) is 15.8. The van der Waals surface area contributed by atoms with Crippen LogP contribution >= 0.6 is 0 Å². The van der Waals surface area contributed by atoms with Gasteiger partial charge in [-0.1, -0.05) is 42.5 Å². The Kier molecular flexibility index (Phi) is 4.61. The summed E-state index contributed by atoms with van der Waals surface area (Å²) in [5, 5.41) is 4.87. The van der Waals surface area contributed by atoms with Crippen LogP contribution in [0.15, 0.2) is 54.7 Å². The lowest BCUT2D eigenvalue weighted by Gasteiger charge is -2.14. The fourth-order valence-corrected chi connectivity index (χ4v) is 2.65. The first-order valence-corrected chi connectivity index (χ1v) is 7.56. The molecule has 1 heterocycles. The second-order valence-electron chi connectivity index (χ2n) is 5.20. The van der Waals surface area contributed by atoms with E-state index in [1.165, 1.54) is 7.11 Å². The predicted molar refractivity (Wildman–Crippen MR) is 94.2 cm³/mol. The molecule has 1 N–H and O–H groups in total. The molecule has 5 heteroatoms. The number of ether oxygens (including phenoxy) is 2. The topological polar surface area (TPSA) is 60.5 Å². The molecule has 122 valence electrons. The third kappa shape index (κ3) is 3.01. The van der Waals surface area contributed by atoms with Crippen LogP contribution in [-0.2, 0) is 9.53 Å². The normalized spacial score (nSPS) is 10.4. The fourth-order valence-electron chi connectivity index (χ4n) is 2.65. The van der Waals surface area contributed by atoms with E-state index >= 15 is 0 Å². The van der Waals surface area contributed by atoms with Crippen molar-refractivity contribution >= 4 is 22.6 Å². The maximum Gasteiger partial charge on any atom is 0.325 e. The van der Waals surface area contributed by atoms with E-state index in [-0.39, 0.29) is 12.5 Å². The van der Waals surface area contributed by atoms with Crippen molar-refractivity contribution in [3.8, 4) is 16.9 Å². The zero-order chi connectivity index (χ0) is 16.9. The monoisotopic (exact) mass is 322 g/mol. The van der Waals surface area contributed by atoms with E-state index in [0.717, 1.165) is 27.6 Å². The molecule has 2 aromatic carbocycles. The lowest BCUT2D eigenvalue weighted by molar-refractivity contribution is -0.138. The smallest absolute Gasteiger partial charge is 0.325 e. The number of benzene rings is 2. The van der Waals surface area contributed by atoms with Gasteiger partial charge in [0.1, 0.15) is 18.1 Å². The molecule has 0 saturated heterocycles. The minimum atomic E-state index is -0.347. The van der Waals surface area contributed by atoms with Gasteiger partial charge >= 0.3 is 5.97 Å². The van der Waals surface area contributed by atoms with Gasteiger partial charge in [-0.25, -0.2) is 4.98 Å². The fraction of sp³-hybridized carbons (Fsp3) is 0.158. The zero-order valence-corrected chi connectivity index (χ0v) is 13.6. The van der Waals surface area contributed by atoms with Crippen LogP contribution in [0.3, 0.4) is 0 Å². The molecule has 0 aliphatic heterocycles. The van der Waals surface area contributed by atoms with Crippen LogP contribution in [0.2, 0.25) is 0 Å². The molecule has 0 aliphatic rings. The van der Waals surface area contributed by atoms with E-state index in [9.17, 15) is 4.79 Å². The van der Waals surface area contributed by atoms with Gasteiger partial charge in [-0.3, -0.25) is 4.79 Å². The van der Waals surface area contributed by atoms with Gasteiger partial charge in [0.05, 0.1) is 14.2 Å². The van der Waals surface area contributed by atoms with Crippen molar-refractivity contribution < 1.29 is 14.3 Å². The molecule has 0 atom stereocenters. The number of carbonyl (C=O) groups is 1. The summed E-state index contributed by atoms with van der Waals surface area (Å²) in [5.74, 6) is 1.03.